The van der Waals surface area contributed by atoms with Crippen LogP contribution in [0.4, 0.5) is 0 Å². The summed E-state index contributed by atoms with van der Waals surface area (Å²) in [7, 11) is 0. The van der Waals surface area contributed by atoms with E-state index in [1.54, 1.807) is 0 Å². The van der Waals surface area contributed by atoms with Crippen molar-refractivity contribution >= 4 is 10.8 Å². The molecule has 1 aliphatic carbocycles. The van der Waals surface area contributed by atoms with E-state index in [0.717, 1.165) is 23.8 Å². The minimum absolute atomic E-state index is 0.136. The van der Waals surface area contributed by atoms with Gasteiger partial charge < -0.3 is 10.3 Å². The Hall–Kier alpha value is -2.20. The van der Waals surface area contributed by atoms with Crippen LogP contribution in [0.15, 0.2) is 47.0 Å². The van der Waals surface area contributed by atoms with Crippen molar-refractivity contribution in [3.05, 3.63) is 48.4 Å². The molecular weight excluding hydrogens is 262 g/mol. The fraction of sp³-hybridized carbons (Fsp3) is 0.294. The van der Waals surface area contributed by atoms with Crippen LogP contribution in [0.5, 0.6) is 0 Å². The molecule has 0 unspecified atom stereocenters. The van der Waals surface area contributed by atoms with Gasteiger partial charge in [0, 0.05) is 17.5 Å². The number of benzene rings is 2. The lowest BCUT2D eigenvalue weighted by atomic mass is 9.75. The molecule has 4 heteroatoms. The second kappa shape index (κ2) is 4.67. The van der Waals surface area contributed by atoms with Gasteiger partial charge in [-0.2, -0.15) is 4.98 Å². The molecule has 1 aliphatic rings. The third kappa shape index (κ3) is 2.21. The first-order valence-corrected chi connectivity index (χ1v) is 7.33. The van der Waals surface area contributed by atoms with Crippen molar-refractivity contribution in [1.29, 1.82) is 0 Å². The van der Waals surface area contributed by atoms with Crippen LogP contribution in [0.1, 0.15) is 25.2 Å². The maximum atomic E-state index is 6.25. The van der Waals surface area contributed by atoms with Gasteiger partial charge in [0.2, 0.25) is 11.7 Å². The zero-order chi connectivity index (χ0) is 14.3. The molecule has 1 heterocycles. The van der Waals surface area contributed by atoms with E-state index in [2.05, 4.69) is 28.3 Å². The smallest absolute Gasteiger partial charge is 0.228 e. The Morgan fingerprint density at radius 3 is 2.71 bits per heavy atom. The molecule has 0 aliphatic heterocycles. The topological polar surface area (TPSA) is 64.9 Å². The molecule has 2 aromatic carbocycles. The summed E-state index contributed by atoms with van der Waals surface area (Å²) in [5.74, 6) is 1.28. The fourth-order valence-electron chi connectivity index (χ4n) is 2.97. The molecule has 2 N–H and O–H groups in total. The van der Waals surface area contributed by atoms with Crippen LogP contribution in [0.2, 0.25) is 0 Å². The van der Waals surface area contributed by atoms with Gasteiger partial charge in [-0.15, -0.1) is 0 Å². The van der Waals surface area contributed by atoms with E-state index in [4.69, 9.17) is 10.3 Å². The van der Waals surface area contributed by atoms with Gasteiger partial charge in [-0.25, -0.2) is 0 Å². The third-order valence-corrected chi connectivity index (χ3v) is 4.35. The second-order valence-corrected chi connectivity index (χ2v) is 5.93. The predicted molar refractivity (Wildman–Crippen MR) is 81.7 cm³/mol. The lowest BCUT2D eigenvalue weighted by Crippen LogP contribution is -2.48. The molecule has 106 valence electrons. The number of nitrogens with zero attached hydrogens (tertiary/aromatic N) is 2. The predicted octanol–water partition coefficient (Wildman–Crippen LogP) is 3.31. The average molecular weight is 279 g/mol. The maximum absolute atomic E-state index is 6.25. The van der Waals surface area contributed by atoms with E-state index in [-0.39, 0.29) is 5.54 Å². The number of hydrogen-bond donors (Lipinski definition) is 1. The Bertz CT molecular complexity index is 784. The number of nitrogens with two attached hydrogens (primary N) is 1. The number of fused-ring (bicyclic) bond motifs is 1. The van der Waals surface area contributed by atoms with Crippen LogP contribution in [-0.4, -0.2) is 15.7 Å². The SMILES string of the molecule is NC1(Cc2nc(-c3cccc4ccccc34)no2)CCC1. The summed E-state index contributed by atoms with van der Waals surface area (Å²) in [5.41, 5.74) is 7.11. The highest BCUT2D eigenvalue weighted by Gasteiger charge is 2.34. The molecule has 1 aromatic heterocycles. The quantitative estimate of drug-likeness (QED) is 0.798. The Balaban J connectivity index is 1.71. The average Bonchev–Trinajstić information content (AvgIpc) is 2.93. The highest BCUT2D eigenvalue weighted by molar-refractivity contribution is 5.94. The van der Waals surface area contributed by atoms with Crippen molar-refractivity contribution in [2.45, 2.75) is 31.2 Å². The summed E-state index contributed by atoms with van der Waals surface area (Å²) in [6, 6.07) is 14.4. The van der Waals surface area contributed by atoms with Crippen LogP contribution >= 0.6 is 0 Å². The van der Waals surface area contributed by atoms with Crippen molar-refractivity contribution < 1.29 is 4.52 Å². The largest absolute Gasteiger partial charge is 0.339 e. The summed E-state index contributed by atoms with van der Waals surface area (Å²) in [6.07, 6.45) is 3.95. The van der Waals surface area contributed by atoms with Gasteiger partial charge in [-0.05, 0) is 30.0 Å². The molecule has 0 radical (unpaired) electrons. The molecule has 0 amide bonds. The number of rotatable bonds is 3. The van der Waals surface area contributed by atoms with E-state index >= 15 is 0 Å². The Kier molecular flexibility index (Phi) is 2.79. The first-order valence-electron chi connectivity index (χ1n) is 7.33. The maximum Gasteiger partial charge on any atom is 0.228 e. The molecule has 1 saturated carbocycles. The van der Waals surface area contributed by atoms with Crippen LogP contribution in [0.3, 0.4) is 0 Å². The first-order chi connectivity index (χ1) is 10.2. The standard InChI is InChI=1S/C17H17N3O/c18-17(9-4-10-17)11-15-19-16(20-21-15)14-8-3-6-12-5-1-2-7-13(12)14/h1-3,5-8H,4,9-11,18H2. The van der Waals surface area contributed by atoms with Crippen molar-refractivity contribution in [2.24, 2.45) is 5.73 Å². The lowest BCUT2D eigenvalue weighted by Gasteiger charge is -2.36. The molecule has 4 nitrogen and oxygen atoms in total. The normalized spacial score (nSPS) is 16.8. The first kappa shape index (κ1) is 12.5. The van der Waals surface area contributed by atoms with E-state index in [1.165, 1.54) is 11.8 Å². The minimum atomic E-state index is -0.136. The highest BCUT2D eigenvalue weighted by Crippen LogP contribution is 2.33. The summed E-state index contributed by atoms with van der Waals surface area (Å²) >= 11 is 0. The zero-order valence-corrected chi connectivity index (χ0v) is 11.7. The minimum Gasteiger partial charge on any atom is -0.339 e. The molecular formula is C17H17N3O. The van der Waals surface area contributed by atoms with Crippen LogP contribution < -0.4 is 5.73 Å². The summed E-state index contributed by atoms with van der Waals surface area (Å²) in [6.45, 7) is 0. The zero-order valence-electron chi connectivity index (χ0n) is 11.7. The van der Waals surface area contributed by atoms with Crippen LogP contribution in [0.25, 0.3) is 22.2 Å². The lowest BCUT2D eigenvalue weighted by molar-refractivity contribution is 0.222. The molecule has 0 atom stereocenters. The second-order valence-electron chi connectivity index (χ2n) is 5.93. The van der Waals surface area contributed by atoms with Crippen molar-refractivity contribution in [1.82, 2.24) is 10.1 Å². The van der Waals surface area contributed by atoms with Crippen LogP contribution in [-0.2, 0) is 6.42 Å². The molecule has 1 fully saturated rings. The summed E-state index contributed by atoms with van der Waals surface area (Å²) < 4.78 is 5.40. The number of hydrogen-bond acceptors (Lipinski definition) is 4. The highest BCUT2D eigenvalue weighted by atomic mass is 16.5. The monoisotopic (exact) mass is 279 g/mol. The van der Waals surface area contributed by atoms with E-state index in [0.29, 0.717) is 18.1 Å². The van der Waals surface area contributed by atoms with Gasteiger partial charge >= 0.3 is 0 Å². The Morgan fingerprint density at radius 1 is 1.10 bits per heavy atom. The fourth-order valence-corrected chi connectivity index (χ4v) is 2.97. The summed E-state index contributed by atoms with van der Waals surface area (Å²) in [5, 5.41) is 6.45. The van der Waals surface area contributed by atoms with E-state index in [9.17, 15) is 0 Å². The molecule has 0 bridgehead atoms. The van der Waals surface area contributed by atoms with Gasteiger partial charge in [0.1, 0.15) is 0 Å². The summed E-state index contributed by atoms with van der Waals surface area (Å²) in [4.78, 5) is 4.54. The van der Waals surface area contributed by atoms with Crippen molar-refractivity contribution in [3.63, 3.8) is 0 Å². The molecule has 3 aromatic rings. The van der Waals surface area contributed by atoms with Gasteiger partial charge in [0.05, 0.1) is 0 Å². The van der Waals surface area contributed by atoms with E-state index < -0.39 is 0 Å². The Morgan fingerprint density at radius 2 is 1.90 bits per heavy atom. The molecule has 21 heavy (non-hydrogen) atoms. The van der Waals surface area contributed by atoms with Gasteiger partial charge in [0.15, 0.2) is 0 Å². The molecule has 0 saturated heterocycles. The van der Waals surface area contributed by atoms with Gasteiger partial charge in [0.25, 0.3) is 0 Å². The van der Waals surface area contributed by atoms with Crippen LogP contribution in [0, 0.1) is 0 Å². The molecule has 0 spiro atoms. The number of aromatic nitrogens is 2. The van der Waals surface area contributed by atoms with Gasteiger partial charge in [-0.1, -0.05) is 47.6 Å². The molecule has 4 rings (SSSR count). The van der Waals surface area contributed by atoms with Crippen molar-refractivity contribution in [2.75, 3.05) is 0 Å². The Labute approximate surface area is 123 Å². The van der Waals surface area contributed by atoms with Gasteiger partial charge in [-0.3, -0.25) is 0 Å². The van der Waals surface area contributed by atoms with Crippen molar-refractivity contribution in [3.8, 4) is 11.4 Å². The van der Waals surface area contributed by atoms with E-state index in [1.807, 2.05) is 24.3 Å². The third-order valence-electron chi connectivity index (χ3n) is 4.35.